The summed E-state index contributed by atoms with van der Waals surface area (Å²) in [4.78, 5) is 25.4. The van der Waals surface area contributed by atoms with Crippen molar-refractivity contribution in [1.82, 2.24) is 15.1 Å². The van der Waals surface area contributed by atoms with Crippen molar-refractivity contribution < 1.29 is 14.7 Å². The molecule has 0 radical (unpaired) electrons. The minimum atomic E-state index is -0.467. The van der Waals surface area contributed by atoms with E-state index in [1.807, 2.05) is 6.07 Å². The quantitative estimate of drug-likeness (QED) is 0.434. The van der Waals surface area contributed by atoms with E-state index in [-0.39, 0.29) is 39.3 Å². The number of hydrogen-bond acceptors (Lipinski definition) is 4. The average molecular weight is 471 g/mol. The van der Waals surface area contributed by atoms with Crippen LogP contribution in [0.3, 0.4) is 0 Å². The number of nitrogens with zero attached hydrogens (tertiary/aromatic N) is 2. The number of benzene rings is 2. The lowest BCUT2D eigenvalue weighted by Gasteiger charge is -2.10. The molecule has 2 fully saturated rings. The van der Waals surface area contributed by atoms with Gasteiger partial charge in [-0.25, -0.2) is 4.79 Å². The minimum absolute atomic E-state index is 0.00614. The molecule has 2 saturated carbocycles. The molecule has 0 bridgehead atoms. The highest BCUT2D eigenvalue weighted by molar-refractivity contribution is 6.40. The second kappa shape index (κ2) is 8.15. The fraction of sp³-hybridized carbons (Fsp3) is 0.261. The Balaban J connectivity index is 1.45. The van der Waals surface area contributed by atoms with Crippen LogP contribution >= 0.6 is 23.2 Å². The van der Waals surface area contributed by atoms with Crippen molar-refractivity contribution in [2.45, 2.75) is 37.6 Å². The van der Waals surface area contributed by atoms with E-state index in [4.69, 9.17) is 23.2 Å². The zero-order valence-corrected chi connectivity index (χ0v) is 18.5. The van der Waals surface area contributed by atoms with Crippen LogP contribution in [0.25, 0.3) is 11.3 Å². The number of hydrogen-bond donors (Lipinski definition) is 3. The highest BCUT2D eigenvalue weighted by atomic mass is 35.5. The molecule has 9 heteroatoms. The van der Waals surface area contributed by atoms with Gasteiger partial charge in [0, 0.05) is 23.2 Å². The molecular formula is C23H20Cl2N4O3. The molecule has 0 aliphatic heterocycles. The maximum atomic E-state index is 12.7. The van der Waals surface area contributed by atoms with E-state index in [1.165, 1.54) is 10.7 Å². The predicted octanol–water partition coefficient (Wildman–Crippen LogP) is 5.41. The number of nitrogens with one attached hydrogen (secondary N) is 2. The summed E-state index contributed by atoms with van der Waals surface area (Å²) in [5.41, 5.74) is 2.30. The zero-order valence-electron chi connectivity index (χ0n) is 16.9. The van der Waals surface area contributed by atoms with Gasteiger partial charge >= 0.3 is 6.03 Å². The molecule has 0 spiro atoms. The number of aromatic nitrogens is 2. The van der Waals surface area contributed by atoms with E-state index in [2.05, 4.69) is 15.7 Å². The first-order valence-corrected chi connectivity index (χ1v) is 11.2. The lowest BCUT2D eigenvalue weighted by Crippen LogP contribution is -2.32. The number of aromatic hydroxyl groups is 1. The van der Waals surface area contributed by atoms with Gasteiger partial charge in [0.15, 0.2) is 0 Å². The van der Waals surface area contributed by atoms with Gasteiger partial charge in [0.2, 0.25) is 0 Å². The van der Waals surface area contributed by atoms with Crippen LogP contribution in [0, 0.1) is 0 Å². The lowest BCUT2D eigenvalue weighted by atomic mass is 10.1. The second-order valence-electron chi connectivity index (χ2n) is 8.15. The van der Waals surface area contributed by atoms with Gasteiger partial charge in [0.05, 0.1) is 27.0 Å². The molecule has 5 rings (SSSR count). The van der Waals surface area contributed by atoms with Crippen LogP contribution in [0.4, 0.5) is 10.5 Å². The summed E-state index contributed by atoms with van der Waals surface area (Å²) in [6, 6.07) is 11.3. The van der Waals surface area contributed by atoms with E-state index in [0.29, 0.717) is 16.9 Å². The molecule has 3 N–H and O–H groups in total. The molecule has 3 aromatic rings. The van der Waals surface area contributed by atoms with Crippen LogP contribution in [-0.4, -0.2) is 32.9 Å². The first-order valence-electron chi connectivity index (χ1n) is 10.4. The summed E-state index contributed by atoms with van der Waals surface area (Å²) in [7, 11) is 0. The molecule has 2 amide bonds. The Bertz CT molecular complexity index is 1210. The van der Waals surface area contributed by atoms with Crippen molar-refractivity contribution in [2.75, 3.05) is 5.32 Å². The molecule has 1 heterocycles. The maximum absolute atomic E-state index is 12.7. The van der Waals surface area contributed by atoms with Gasteiger partial charge in [-0.15, -0.1) is 0 Å². The zero-order chi connectivity index (χ0) is 22.4. The Morgan fingerprint density at radius 1 is 1.03 bits per heavy atom. The van der Waals surface area contributed by atoms with Gasteiger partial charge in [0.1, 0.15) is 5.75 Å². The van der Waals surface area contributed by atoms with E-state index in [9.17, 15) is 14.7 Å². The molecule has 32 heavy (non-hydrogen) atoms. The number of anilines is 1. The molecule has 0 atom stereocenters. The minimum Gasteiger partial charge on any atom is -0.507 e. The third-order valence-corrected chi connectivity index (χ3v) is 6.18. The molecule has 164 valence electrons. The molecule has 2 aliphatic carbocycles. The summed E-state index contributed by atoms with van der Waals surface area (Å²) in [6.45, 7) is 0. The maximum Gasteiger partial charge on any atom is 0.342 e. The normalized spacial score (nSPS) is 15.4. The third-order valence-electron chi connectivity index (χ3n) is 5.55. The molecule has 2 aromatic carbocycles. The van der Waals surface area contributed by atoms with Gasteiger partial charge in [-0.1, -0.05) is 29.3 Å². The Morgan fingerprint density at radius 2 is 1.75 bits per heavy atom. The largest absolute Gasteiger partial charge is 0.507 e. The SMILES string of the molecule is O=C(Nc1ccc(O)c(-c2cc(C3CC3)n(C(=O)NC3CC3)n2)c1)c1c(Cl)cccc1Cl. The van der Waals surface area contributed by atoms with Gasteiger partial charge in [-0.05, 0) is 62.1 Å². The van der Waals surface area contributed by atoms with Crippen molar-refractivity contribution >= 4 is 40.8 Å². The molecule has 7 nitrogen and oxygen atoms in total. The first-order chi connectivity index (χ1) is 15.4. The van der Waals surface area contributed by atoms with Crippen LogP contribution in [0.2, 0.25) is 10.0 Å². The van der Waals surface area contributed by atoms with Crippen LogP contribution in [0.15, 0.2) is 42.5 Å². The van der Waals surface area contributed by atoms with Gasteiger partial charge < -0.3 is 15.7 Å². The van der Waals surface area contributed by atoms with Crippen LogP contribution < -0.4 is 10.6 Å². The second-order valence-corrected chi connectivity index (χ2v) is 8.96. The van der Waals surface area contributed by atoms with Crippen molar-refractivity contribution in [1.29, 1.82) is 0 Å². The Labute approximate surface area is 194 Å². The van der Waals surface area contributed by atoms with Crippen molar-refractivity contribution in [2.24, 2.45) is 0 Å². The van der Waals surface area contributed by atoms with E-state index >= 15 is 0 Å². The Morgan fingerprint density at radius 3 is 2.41 bits per heavy atom. The van der Waals surface area contributed by atoms with Crippen molar-refractivity contribution in [3.63, 3.8) is 0 Å². The number of carbonyl (C=O) groups is 2. The standard InChI is InChI=1S/C23H20Cl2N4O3/c24-16-2-1-3-17(25)21(16)22(31)26-14-8-9-20(30)15(10-14)18-11-19(12-4-5-12)29(28-18)23(32)27-13-6-7-13/h1-3,8-13,30H,4-7H2,(H,26,31)(H,27,32). The number of rotatable bonds is 5. The summed E-state index contributed by atoms with van der Waals surface area (Å²) < 4.78 is 1.40. The smallest absolute Gasteiger partial charge is 0.342 e. The average Bonchev–Trinajstić information content (AvgIpc) is 3.69. The number of carbonyl (C=O) groups excluding carboxylic acids is 2. The molecule has 0 unspecified atom stereocenters. The van der Waals surface area contributed by atoms with E-state index < -0.39 is 5.91 Å². The van der Waals surface area contributed by atoms with Gasteiger partial charge in [-0.3, -0.25) is 4.79 Å². The summed E-state index contributed by atoms with van der Waals surface area (Å²) in [5, 5.41) is 21.1. The molecule has 2 aliphatic rings. The first kappa shape index (κ1) is 20.8. The topological polar surface area (TPSA) is 96.2 Å². The fourth-order valence-electron chi connectivity index (χ4n) is 3.55. The summed E-state index contributed by atoms with van der Waals surface area (Å²) in [5.74, 6) is -0.188. The molecule has 1 aromatic heterocycles. The highest BCUT2D eigenvalue weighted by Gasteiger charge is 2.32. The van der Waals surface area contributed by atoms with Crippen molar-refractivity contribution in [3.8, 4) is 17.0 Å². The number of halogens is 2. The summed E-state index contributed by atoms with van der Waals surface area (Å²) >= 11 is 12.3. The Kier molecular flexibility index (Phi) is 5.31. The fourth-order valence-corrected chi connectivity index (χ4v) is 4.12. The highest BCUT2D eigenvalue weighted by Crippen LogP contribution is 2.42. The Hall–Kier alpha value is -3.03. The third kappa shape index (κ3) is 4.18. The van der Waals surface area contributed by atoms with E-state index in [1.54, 1.807) is 30.3 Å². The van der Waals surface area contributed by atoms with Crippen molar-refractivity contribution in [3.05, 3.63) is 63.8 Å². The van der Waals surface area contributed by atoms with Crippen LogP contribution in [0.1, 0.15) is 47.7 Å². The van der Waals surface area contributed by atoms with Gasteiger partial charge in [-0.2, -0.15) is 9.78 Å². The van der Waals surface area contributed by atoms with Gasteiger partial charge in [0.25, 0.3) is 5.91 Å². The molecular weight excluding hydrogens is 451 g/mol. The predicted molar refractivity (Wildman–Crippen MR) is 123 cm³/mol. The number of amides is 2. The molecule has 0 saturated heterocycles. The van der Waals surface area contributed by atoms with E-state index in [0.717, 1.165) is 31.4 Å². The monoisotopic (exact) mass is 470 g/mol. The van der Waals surface area contributed by atoms with Crippen LogP contribution in [0.5, 0.6) is 5.75 Å². The van der Waals surface area contributed by atoms with Crippen LogP contribution in [-0.2, 0) is 0 Å². The lowest BCUT2D eigenvalue weighted by molar-refractivity contribution is 0.102. The summed E-state index contributed by atoms with van der Waals surface area (Å²) in [6.07, 6.45) is 3.97. The number of phenols is 1. The number of phenolic OH excluding ortho intramolecular Hbond substituents is 1.